The molecule has 1 N–H and O–H groups in total. The number of hydrogen-bond donors (Lipinski definition) is 1. The molecule has 2 aliphatic heterocycles. The van der Waals surface area contributed by atoms with Crippen LogP contribution in [0.1, 0.15) is 14.8 Å². The van der Waals surface area contributed by atoms with Crippen LogP contribution in [0.15, 0.2) is 0 Å². The molecule has 0 aromatic carbocycles. The Hall–Kier alpha value is 0.250. The number of amides is 1. The second kappa shape index (κ2) is 4.25. The van der Waals surface area contributed by atoms with Crippen molar-refractivity contribution in [3.8, 4) is 0 Å². The Bertz CT molecular complexity index is 318. The molecule has 3 atom stereocenters. The molecule has 1 amide bonds. The van der Waals surface area contributed by atoms with Gasteiger partial charge < -0.3 is 16.2 Å². The van der Waals surface area contributed by atoms with Crippen LogP contribution in [-0.4, -0.2) is 45.3 Å². The monoisotopic (exact) mass is 241 g/mol. The second-order valence-electron chi connectivity index (χ2n) is 3.54. The van der Waals surface area contributed by atoms with Crippen molar-refractivity contribution in [3.63, 3.8) is 0 Å². The van der Waals surface area contributed by atoms with Crippen LogP contribution in [0.4, 0.5) is 0 Å². The van der Waals surface area contributed by atoms with E-state index in [9.17, 15) is 9.59 Å². The summed E-state index contributed by atoms with van der Waals surface area (Å²) in [6.45, 7) is 1.71. The first-order valence-electron chi connectivity index (χ1n) is 4.26. The van der Waals surface area contributed by atoms with Gasteiger partial charge in [-0.05, 0) is 6.92 Å². The third-order valence-electron chi connectivity index (χ3n) is 2.73. The van der Waals surface area contributed by atoms with Gasteiger partial charge in [0.2, 0.25) is 5.91 Å². The zero-order valence-electron chi connectivity index (χ0n) is 9.89. The number of carboxylic acids is 1. The minimum absolute atomic E-state index is 0. The van der Waals surface area contributed by atoms with Crippen molar-refractivity contribution in [2.45, 2.75) is 29.7 Å². The van der Waals surface area contributed by atoms with Crippen molar-refractivity contribution >= 4 is 23.6 Å². The van der Waals surface area contributed by atoms with Gasteiger partial charge in [-0.3, -0.25) is 4.79 Å². The number of nitrogens with zero attached hydrogens (tertiary/aromatic N) is 1. The summed E-state index contributed by atoms with van der Waals surface area (Å²) in [7, 11) is 1.47. The summed E-state index contributed by atoms with van der Waals surface area (Å²) in [5.74, 6) is -1.10. The first-order valence-corrected chi connectivity index (χ1v) is 5.14. The van der Waals surface area contributed by atoms with Gasteiger partial charge in [-0.15, -0.1) is 0 Å². The fourth-order valence-corrected chi connectivity index (χ4v) is 3.46. The van der Waals surface area contributed by atoms with Crippen LogP contribution in [-0.2, 0) is 14.3 Å². The summed E-state index contributed by atoms with van der Waals surface area (Å²) < 4.78 is 5.19. The van der Waals surface area contributed by atoms with Crippen molar-refractivity contribution in [1.29, 1.82) is 0 Å². The SMILES string of the molecule is COC1(C)S[C@@H]2CC(=O)N2C1C(=O)O.[H-].[Na+]. The van der Waals surface area contributed by atoms with Crippen molar-refractivity contribution in [2.24, 2.45) is 0 Å². The number of hydrogen-bond acceptors (Lipinski definition) is 4. The molecule has 2 fully saturated rings. The van der Waals surface area contributed by atoms with Gasteiger partial charge in [0.1, 0.15) is 4.93 Å². The smallest absolute Gasteiger partial charge is 1.00 e. The van der Waals surface area contributed by atoms with E-state index in [1.165, 1.54) is 23.8 Å². The van der Waals surface area contributed by atoms with E-state index in [-0.39, 0.29) is 42.3 Å². The number of aliphatic carboxylic acids is 1. The summed E-state index contributed by atoms with van der Waals surface area (Å²) in [6.07, 6.45) is 0.424. The molecule has 2 heterocycles. The molecule has 2 saturated heterocycles. The van der Waals surface area contributed by atoms with E-state index in [1.807, 2.05) is 0 Å². The standard InChI is InChI=1S/C8H11NO4S.Na.H/c1-8(13-2)6(7(11)12)9-4(10)3-5(9)14-8;;/h5-6H,3H2,1-2H3,(H,11,12);;/q;+1;-1/t5-,6?,8?;;/m1../s1. The number of carbonyl (C=O) groups is 2. The summed E-state index contributed by atoms with van der Waals surface area (Å²) in [5, 5.41) is 9.01. The fourth-order valence-electron chi connectivity index (χ4n) is 1.90. The molecule has 0 saturated carbocycles. The molecule has 2 unspecified atom stereocenters. The molecular weight excluding hydrogens is 229 g/mol. The maximum atomic E-state index is 11.2. The number of ether oxygens (including phenoxy) is 1. The molecule has 5 nitrogen and oxygen atoms in total. The Morgan fingerprint density at radius 2 is 2.40 bits per heavy atom. The molecule has 2 aliphatic rings. The Morgan fingerprint density at radius 1 is 1.80 bits per heavy atom. The fraction of sp³-hybridized carbons (Fsp3) is 0.750. The maximum absolute atomic E-state index is 11.2. The molecule has 0 aromatic rings. The Kier molecular flexibility index (Phi) is 3.78. The number of β-lactam (4-membered cyclic amide) rings is 1. The predicted octanol–water partition coefficient (Wildman–Crippen LogP) is -2.78. The first kappa shape index (κ1) is 13.3. The predicted molar refractivity (Wildman–Crippen MR) is 50.8 cm³/mol. The van der Waals surface area contributed by atoms with Crippen molar-refractivity contribution < 1.29 is 50.4 Å². The van der Waals surface area contributed by atoms with Crippen LogP contribution in [0.25, 0.3) is 0 Å². The van der Waals surface area contributed by atoms with E-state index in [0.717, 1.165) is 0 Å². The van der Waals surface area contributed by atoms with E-state index < -0.39 is 16.9 Å². The Balaban J connectivity index is 0.00000112. The van der Waals surface area contributed by atoms with Gasteiger partial charge in [0.05, 0.1) is 11.8 Å². The summed E-state index contributed by atoms with van der Waals surface area (Å²) in [4.78, 5) is 22.8. The number of fused-ring (bicyclic) bond motifs is 1. The second-order valence-corrected chi connectivity index (χ2v) is 5.13. The van der Waals surface area contributed by atoms with Crippen LogP contribution in [0, 0.1) is 0 Å². The third-order valence-corrected chi connectivity index (χ3v) is 4.26. The maximum Gasteiger partial charge on any atom is 1.00 e. The Labute approximate surface area is 115 Å². The minimum Gasteiger partial charge on any atom is -1.00 e. The molecule has 0 bridgehead atoms. The van der Waals surface area contributed by atoms with Crippen LogP contribution >= 0.6 is 11.8 Å². The van der Waals surface area contributed by atoms with Crippen molar-refractivity contribution in [2.75, 3.05) is 7.11 Å². The molecule has 80 valence electrons. The molecule has 0 radical (unpaired) electrons. The first-order chi connectivity index (χ1) is 6.49. The van der Waals surface area contributed by atoms with Crippen molar-refractivity contribution in [3.05, 3.63) is 0 Å². The van der Waals surface area contributed by atoms with Gasteiger partial charge in [0.15, 0.2) is 6.04 Å². The van der Waals surface area contributed by atoms with E-state index in [0.29, 0.717) is 6.42 Å². The van der Waals surface area contributed by atoms with Crippen LogP contribution in [0.5, 0.6) is 0 Å². The average Bonchev–Trinajstić information content (AvgIpc) is 2.35. The largest absolute Gasteiger partial charge is 1.00 e. The van der Waals surface area contributed by atoms with Crippen molar-refractivity contribution in [1.82, 2.24) is 4.90 Å². The normalized spacial score (nSPS) is 38.0. The number of methoxy groups -OCH3 is 1. The zero-order valence-corrected chi connectivity index (χ0v) is 11.7. The summed E-state index contributed by atoms with van der Waals surface area (Å²) in [6, 6.07) is -0.858. The van der Waals surface area contributed by atoms with Gasteiger partial charge in [-0.2, -0.15) is 0 Å². The van der Waals surface area contributed by atoms with Gasteiger partial charge in [0.25, 0.3) is 0 Å². The number of carboxylic acid groups (broad SMARTS) is 1. The zero-order chi connectivity index (χ0) is 10.5. The number of thioether (sulfide) groups is 1. The van der Waals surface area contributed by atoms with Crippen LogP contribution in [0.2, 0.25) is 0 Å². The molecule has 0 spiro atoms. The van der Waals surface area contributed by atoms with Crippen LogP contribution < -0.4 is 29.6 Å². The number of rotatable bonds is 2. The van der Waals surface area contributed by atoms with Gasteiger partial charge in [-0.1, -0.05) is 11.8 Å². The quantitative estimate of drug-likeness (QED) is 0.418. The molecule has 7 heteroatoms. The third kappa shape index (κ3) is 1.82. The molecule has 0 aliphatic carbocycles. The van der Waals surface area contributed by atoms with Gasteiger partial charge in [-0.25, -0.2) is 4.79 Å². The van der Waals surface area contributed by atoms with Gasteiger partial charge in [0, 0.05) is 7.11 Å². The average molecular weight is 241 g/mol. The minimum atomic E-state index is -1.00. The van der Waals surface area contributed by atoms with Crippen LogP contribution in [0.3, 0.4) is 0 Å². The molecular formula is C8H12NNaO4S. The van der Waals surface area contributed by atoms with E-state index in [2.05, 4.69) is 0 Å². The summed E-state index contributed by atoms with van der Waals surface area (Å²) in [5.41, 5.74) is 0. The molecule has 0 aromatic heterocycles. The van der Waals surface area contributed by atoms with E-state index in [4.69, 9.17) is 9.84 Å². The van der Waals surface area contributed by atoms with E-state index >= 15 is 0 Å². The molecule has 2 rings (SSSR count). The summed E-state index contributed by atoms with van der Waals surface area (Å²) >= 11 is 1.40. The van der Waals surface area contributed by atoms with E-state index in [1.54, 1.807) is 6.92 Å². The number of carbonyl (C=O) groups excluding carboxylic acids is 1. The topological polar surface area (TPSA) is 66.8 Å². The van der Waals surface area contributed by atoms with Gasteiger partial charge >= 0.3 is 35.5 Å². The molecule has 15 heavy (non-hydrogen) atoms. The Morgan fingerprint density at radius 3 is 2.80 bits per heavy atom.